The molecule has 6 fully saturated rings. The summed E-state index contributed by atoms with van der Waals surface area (Å²) in [6, 6.07) is 0. The van der Waals surface area contributed by atoms with Crippen molar-refractivity contribution in [2.75, 3.05) is 66.1 Å². The third-order valence-corrected chi connectivity index (χ3v) is 17.8. The first-order chi connectivity index (χ1) is 31.4. The Balaban J connectivity index is -0.000000105. The van der Waals surface area contributed by atoms with Crippen LogP contribution in [-0.4, -0.2) is 77.4 Å². The van der Waals surface area contributed by atoms with Crippen molar-refractivity contribution in [1.29, 1.82) is 0 Å². The third-order valence-electron chi connectivity index (χ3n) is 10.8. The normalized spacial score (nSPS) is 16.8. The zero-order valence-corrected chi connectivity index (χ0v) is 53.8. The molecule has 0 N–H and O–H groups in total. The van der Waals surface area contributed by atoms with Gasteiger partial charge >= 0.3 is 59.9 Å². The molecule has 20 heteroatoms. The van der Waals surface area contributed by atoms with Gasteiger partial charge in [-0.1, -0.05) is 116 Å². The van der Waals surface area contributed by atoms with Crippen LogP contribution in [0.15, 0.2) is 0 Å². The molecule has 0 bridgehead atoms. The molecule has 0 aromatic heterocycles. The van der Waals surface area contributed by atoms with E-state index in [-0.39, 0.29) is 100 Å². The maximum absolute atomic E-state index is 12.2. The van der Waals surface area contributed by atoms with E-state index in [0.29, 0.717) is 39.6 Å². The van der Waals surface area contributed by atoms with Gasteiger partial charge in [-0.3, -0.25) is 18.2 Å². The van der Waals surface area contributed by atoms with E-state index in [2.05, 4.69) is 21.9 Å². The zero-order chi connectivity index (χ0) is 49.2. The van der Waals surface area contributed by atoms with Crippen LogP contribution in [0.2, 0.25) is 0 Å². The Morgan fingerprint density at radius 3 is 0.671 bits per heavy atom. The van der Waals surface area contributed by atoms with Crippen LogP contribution in [0.5, 0.6) is 0 Å². The molecule has 0 aromatic carbocycles. The molecule has 6 rings (SSSR count). The van der Waals surface area contributed by atoms with E-state index >= 15 is 0 Å². The van der Waals surface area contributed by atoms with Gasteiger partial charge in [-0.15, -0.1) is 0 Å². The van der Waals surface area contributed by atoms with Crippen LogP contribution in [0, 0.1) is 12.8 Å². The standard InChI is InChI=1S/2C9H19O3P.2C5H10.2C5H9.C4H10ClO3P.2C4H10O.3Fe.2Li/c2*1-3-11-13(10,12-4-2)9-7-5-6-8-9;4*1-2-4-5-3-1;1-3-7-9(5,6)8-4-2;2*1-3-5-4-2;;;;;/h2*9H,3-8H2,1-2H3;2*1-5H2;2*1H,2-5H2;3-4H2,1-2H3;2*3-4H2,1-2H3;;;;;/q;;;;2*-1;;;;;;;2*+1. The topological polar surface area (TPSA) is 125 Å². The molecule has 6 saturated carbocycles. The summed E-state index contributed by atoms with van der Waals surface area (Å²) in [6.45, 7) is 21.5. The minimum absolute atomic E-state index is 0. The molecular formula is C50H106ClFe3Li2O11P3. The van der Waals surface area contributed by atoms with Crippen molar-refractivity contribution in [1.82, 2.24) is 0 Å². The first-order valence-corrected chi connectivity index (χ1v) is 32.2. The average Bonchev–Trinajstić information content (AvgIpc) is 4.16. The summed E-state index contributed by atoms with van der Waals surface area (Å²) in [7, 11) is -5.53. The predicted molar refractivity (Wildman–Crippen MR) is 279 cm³/mol. The van der Waals surface area contributed by atoms with Crippen molar-refractivity contribution in [2.24, 2.45) is 0 Å². The van der Waals surface area contributed by atoms with Gasteiger partial charge < -0.3 is 40.4 Å². The molecule has 70 heavy (non-hydrogen) atoms. The Hall–Kier alpha value is 3.41. The second-order valence-corrected chi connectivity index (χ2v) is 23.4. The number of hydrogen-bond donors (Lipinski definition) is 0. The van der Waals surface area contributed by atoms with E-state index in [1.165, 1.54) is 116 Å². The van der Waals surface area contributed by atoms with Gasteiger partial charge in [0.2, 0.25) is 0 Å². The fourth-order valence-corrected chi connectivity index (χ4v) is 13.3. The summed E-state index contributed by atoms with van der Waals surface area (Å²) in [6.07, 6.45) is 39.6. The molecule has 11 nitrogen and oxygen atoms in total. The van der Waals surface area contributed by atoms with E-state index in [1.54, 1.807) is 13.8 Å². The summed E-state index contributed by atoms with van der Waals surface area (Å²) in [5.74, 6) is 0. The second kappa shape index (κ2) is 68.5. The SMILES string of the molecule is C1CCCC1.C1CCCC1.CCOCC.CCOCC.CCOP(=O)(Cl)OCC.CCOP(=O)(OCC)C1CCCC1.CCOP(=O)(OCC)C1CCCC1.[CH-]1CCCC1.[CH-]1CCCC1.[Fe].[Fe].[Fe].[Li+].[Li+]. The summed E-state index contributed by atoms with van der Waals surface area (Å²) >= 11 is 5.25. The van der Waals surface area contributed by atoms with E-state index in [1.807, 2.05) is 55.4 Å². The van der Waals surface area contributed by atoms with Crippen molar-refractivity contribution in [3.8, 4) is 0 Å². The number of hydrogen-bond acceptors (Lipinski definition) is 11. The van der Waals surface area contributed by atoms with Crippen molar-refractivity contribution < 1.29 is 139 Å². The summed E-state index contributed by atoms with van der Waals surface area (Å²) in [5, 5.41) is 0. The van der Waals surface area contributed by atoms with Gasteiger partial charge in [-0.2, -0.15) is 25.7 Å². The molecule has 0 aliphatic heterocycles. The van der Waals surface area contributed by atoms with Crippen LogP contribution in [0.25, 0.3) is 0 Å². The van der Waals surface area contributed by atoms with Crippen LogP contribution in [-0.2, 0) is 102 Å². The second-order valence-electron chi connectivity index (χ2n) is 16.1. The smallest absolute Gasteiger partial charge is 0.382 e. The first kappa shape index (κ1) is 90.0. The maximum atomic E-state index is 12.2. The van der Waals surface area contributed by atoms with Crippen molar-refractivity contribution in [2.45, 2.75) is 247 Å². The molecule has 0 heterocycles. The quantitative estimate of drug-likeness (QED) is 0.0740. The predicted octanol–water partition coefficient (Wildman–Crippen LogP) is 12.3. The Kier molecular flexibility index (Phi) is 88.1. The van der Waals surface area contributed by atoms with Crippen LogP contribution in [0.4, 0.5) is 0 Å². The summed E-state index contributed by atoms with van der Waals surface area (Å²) in [5.41, 5.74) is 0.319. The van der Waals surface area contributed by atoms with E-state index in [0.717, 1.165) is 77.8 Å². The molecule has 0 spiro atoms. The molecule has 0 unspecified atom stereocenters. The number of rotatable bonds is 18. The fourth-order valence-electron chi connectivity index (χ4n) is 7.62. The van der Waals surface area contributed by atoms with Gasteiger partial charge in [0.05, 0.1) is 51.0 Å². The van der Waals surface area contributed by atoms with E-state index in [4.69, 9.17) is 38.8 Å². The third kappa shape index (κ3) is 59.1. The molecule has 0 atom stereocenters. The van der Waals surface area contributed by atoms with Crippen molar-refractivity contribution in [3.63, 3.8) is 0 Å². The molecule has 0 amide bonds. The Morgan fingerprint density at radius 2 is 0.543 bits per heavy atom. The van der Waals surface area contributed by atoms with Gasteiger partial charge in [-0.05, 0) is 94.9 Å². The number of ether oxygens (including phenoxy) is 2. The first-order valence-electron chi connectivity index (χ1n) is 26.6. The molecule has 0 aromatic rings. The van der Waals surface area contributed by atoms with Gasteiger partial charge in [0.25, 0.3) is 0 Å². The molecular weight excluding hydrogens is 1090 g/mol. The van der Waals surface area contributed by atoms with Crippen LogP contribution in [0.3, 0.4) is 0 Å². The minimum Gasteiger partial charge on any atom is -0.382 e. The van der Waals surface area contributed by atoms with E-state index < -0.39 is 22.1 Å². The molecule has 6 aliphatic rings. The minimum atomic E-state index is -3.22. The summed E-state index contributed by atoms with van der Waals surface area (Å²) < 4.78 is 75.0. The van der Waals surface area contributed by atoms with E-state index in [9.17, 15) is 13.7 Å². The number of halogens is 1. The maximum Gasteiger partial charge on any atom is 1.00 e. The Morgan fingerprint density at radius 1 is 0.343 bits per heavy atom. The van der Waals surface area contributed by atoms with Gasteiger partial charge in [-0.25, -0.2) is 4.57 Å². The van der Waals surface area contributed by atoms with Crippen LogP contribution >= 0.6 is 33.4 Å². The average molecular weight is 1190 g/mol. The molecule has 6 aliphatic carbocycles. The fraction of sp³-hybridized carbons (Fsp3) is 0.960. The largest absolute Gasteiger partial charge is 1.00 e. The Bertz CT molecular complexity index is 941. The molecule has 0 saturated heterocycles. The van der Waals surface area contributed by atoms with Gasteiger partial charge in [0.15, 0.2) is 0 Å². The van der Waals surface area contributed by atoms with Gasteiger partial charge in [0.1, 0.15) is 0 Å². The van der Waals surface area contributed by atoms with Crippen LogP contribution < -0.4 is 37.7 Å². The van der Waals surface area contributed by atoms with Crippen LogP contribution in [0.1, 0.15) is 236 Å². The Labute approximate surface area is 494 Å². The molecule has 0 radical (unpaired) electrons. The van der Waals surface area contributed by atoms with Crippen molar-refractivity contribution in [3.05, 3.63) is 12.8 Å². The van der Waals surface area contributed by atoms with Gasteiger partial charge in [0, 0.05) is 88.9 Å². The summed E-state index contributed by atoms with van der Waals surface area (Å²) in [4.78, 5) is 0. The van der Waals surface area contributed by atoms with Crippen molar-refractivity contribution >= 4 is 33.4 Å². The molecule has 420 valence electrons. The zero-order valence-electron chi connectivity index (χ0n) is 47.0. The monoisotopic (exact) mass is 1190 g/mol.